The van der Waals surface area contributed by atoms with Gasteiger partial charge < -0.3 is 9.84 Å². The van der Waals surface area contributed by atoms with Gasteiger partial charge in [0.25, 0.3) is 0 Å². The maximum atomic E-state index is 13.0. The van der Waals surface area contributed by atoms with Gasteiger partial charge in [-0.3, -0.25) is 0 Å². The summed E-state index contributed by atoms with van der Waals surface area (Å²) in [5.74, 6) is -3.98. The van der Waals surface area contributed by atoms with Crippen LogP contribution in [-0.2, 0) is 19.4 Å². The molecule has 2 atom stereocenters. The number of hydrogen-bond donors (Lipinski definition) is 1. The maximum absolute atomic E-state index is 13.0. The molecule has 1 saturated heterocycles. The third kappa shape index (κ3) is 3.13. The minimum Gasteiger partial charge on any atom is -0.479 e. The van der Waals surface area contributed by atoms with Gasteiger partial charge in [0.1, 0.15) is 0 Å². The molecular formula is C12H12F2O5S. The fraction of sp³-hybridized carbons (Fsp3) is 0.417. The second kappa shape index (κ2) is 5.45. The molecule has 5 nitrogen and oxygen atoms in total. The second-order valence-electron chi connectivity index (χ2n) is 4.52. The molecule has 8 heteroatoms. The van der Waals surface area contributed by atoms with Gasteiger partial charge in [-0.1, -0.05) is 0 Å². The molecule has 0 radical (unpaired) electrons. The molecule has 2 rings (SSSR count). The van der Waals surface area contributed by atoms with Crippen molar-refractivity contribution in [3.8, 4) is 0 Å². The van der Waals surface area contributed by atoms with Gasteiger partial charge in [-0.2, -0.15) is 0 Å². The first-order chi connectivity index (χ1) is 9.29. The molecule has 1 aliphatic heterocycles. The van der Waals surface area contributed by atoms with Crippen molar-refractivity contribution in [3.63, 3.8) is 0 Å². The number of carboxylic acids is 1. The lowest BCUT2D eigenvalue weighted by Crippen LogP contribution is -2.25. The van der Waals surface area contributed by atoms with Crippen LogP contribution >= 0.6 is 0 Å². The van der Waals surface area contributed by atoms with Crippen molar-refractivity contribution in [2.45, 2.75) is 29.9 Å². The predicted octanol–water partition coefficient (Wildman–Crippen LogP) is 1.37. The number of benzene rings is 1. The number of carbonyl (C=O) groups is 1. The van der Waals surface area contributed by atoms with E-state index in [1.54, 1.807) is 0 Å². The van der Waals surface area contributed by atoms with Gasteiger partial charge in [0.05, 0.1) is 16.8 Å². The first-order valence-electron chi connectivity index (χ1n) is 5.85. The Morgan fingerprint density at radius 3 is 2.55 bits per heavy atom. The third-order valence-corrected chi connectivity index (χ3v) is 4.82. The smallest absolute Gasteiger partial charge is 0.332 e. The Morgan fingerprint density at radius 2 is 2.00 bits per heavy atom. The van der Waals surface area contributed by atoms with Crippen LogP contribution in [0.3, 0.4) is 0 Å². The van der Waals surface area contributed by atoms with Crippen LogP contribution in [0.5, 0.6) is 0 Å². The summed E-state index contributed by atoms with van der Waals surface area (Å²) in [5.41, 5.74) is 0. The lowest BCUT2D eigenvalue weighted by molar-refractivity contribution is -0.148. The SMILES string of the molecule is O=C(O)C1CCC(CS(=O)(=O)c2ccc(F)c(F)c2)O1. The fourth-order valence-electron chi connectivity index (χ4n) is 2.02. The highest BCUT2D eigenvalue weighted by Gasteiger charge is 2.33. The van der Waals surface area contributed by atoms with Gasteiger partial charge in [0.2, 0.25) is 0 Å². The lowest BCUT2D eigenvalue weighted by Gasteiger charge is -2.12. The van der Waals surface area contributed by atoms with Crippen molar-refractivity contribution in [1.82, 2.24) is 0 Å². The van der Waals surface area contributed by atoms with Gasteiger partial charge in [0.15, 0.2) is 27.6 Å². The van der Waals surface area contributed by atoms with Crippen molar-refractivity contribution >= 4 is 15.8 Å². The molecule has 2 unspecified atom stereocenters. The molecule has 1 heterocycles. The first-order valence-corrected chi connectivity index (χ1v) is 7.51. The molecule has 20 heavy (non-hydrogen) atoms. The second-order valence-corrected chi connectivity index (χ2v) is 6.55. The van der Waals surface area contributed by atoms with Crippen LogP contribution in [0.15, 0.2) is 23.1 Å². The number of carboxylic acid groups (broad SMARTS) is 1. The molecule has 0 saturated carbocycles. The summed E-state index contributed by atoms with van der Waals surface area (Å²) in [5, 5.41) is 8.75. The average molecular weight is 306 g/mol. The van der Waals surface area contributed by atoms with Crippen molar-refractivity contribution in [2.24, 2.45) is 0 Å². The van der Waals surface area contributed by atoms with E-state index in [0.717, 1.165) is 12.1 Å². The molecule has 0 aromatic heterocycles. The van der Waals surface area contributed by atoms with Crippen LogP contribution in [0, 0.1) is 11.6 Å². The van der Waals surface area contributed by atoms with E-state index in [9.17, 15) is 22.0 Å². The maximum Gasteiger partial charge on any atom is 0.332 e. The molecular weight excluding hydrogens is 294 g/mol. The molecule has 110 valence electrons. The van der Waals surface area contributed by atoms with Gasteiger partial charge in [-0.15, -0.1) is 0 Å². The topological polar surface area (TPSA) is 80.7 Å². The van der Waals surface area contributed by atoms with E-state index in [4.69, 9.17) is 9.84 Å². The lowest BCUT2D eigenvalue weighted by atomic mass is 10.2. The number of ether oxygens (including phenoxy) is 1. The van der Waals surface area contributed by atoms with Crippen molar-refractivity contribution in [3.05, 3.63) is 29.8 Å². The molecule has 1 fully saturated rings. The molecule has 0 aliphatic carbocycles. The van der Waals surface area contributed by atoms with Gasteiger partial charge in [0, 0.05) is 0 Å². The zero-order valence-corrected chi connectivity index (χ0v) is 11.1. The van der Waals surface area contributed by atoms with E-state index in [2.05, 4.69) is 0 Å². The van der Waals surface area contributed by atoms with E-state index >= 15 is 0 Å². The zero-order chi connectivity index (χ0) is 14.9. The highest BCUT2D eigenvalue weighted by Crippen LogP contribution is 2.24. The van der Waals surface area contributed by atoms with E-state index in [-0.39, 0.29) is 11.3 Å². The molecule has 1 N–H and O–H groups in total. The summed E-state index contributed by atoms with van der Waals surface area (Å²) >= 11 is 0. The Kier molecular flexibility index (Phi) is 4.05. The summed E-state index contributed by atoms with van der Waals surface area (Å²) in [4.78, 5) is 10.4. The molecule has 0 spiro atoms. The Balaban J connectivity index is 2.12. The first kappa shape index (κ1) is 14.9. The normalized spacial score (nSPS) is 22.9. The number of aliphatic carboxylic acids is 1. The van der Waals surface area contributed by atoms with E-state index in [1.807, 2.05) is 0 Å². The van der Waals surface area contributed by atoms with Crippen LogP contribution < -0.4 is 0 Å². The quantitative estimate of drug-likeness (QED) is 0.850. The van der Waals surface area contributed by atoms with Crippen LogP contribution in [0.1, 0.15) is 12.8 Å². The third-order valence-electron chi connectivity index (χ3n) is 3.04. The zero-order valence-electron chi connectivity index (χ0n) is 10.3. The monoisotopic (exact) mass is 306 g/mol. The largest absolute Gasteiger partial charge is 0.479 e. The average Bonchev–Trinajstić information content (AvgIpc) is 2.80. The Morgan fingerprint density at radius 1 is 1.30 bits per heavy atom. The Bertz CT molecular complexity index is 629. The summed E-state index contributed by atoms with van der Waals surface area (Å²) in [6, 6.07) is 2.31. The number of halogens is 2. The highest BCUT2D eigenvalue weighted by molar-refractivity contribution is 7.91. The molecule has 0 amide bonds. The number of hydrogen-bond acceptors (Lipinski definition) is 4. The van der Waals surface area contributed by atoms with E-state index in [1.165, 1.54) is 0 Å². The summed E-state index contributed by atoms with van der Waals surface area (Å²) in [7, 11) is -3.86. The van der Waals surface area contributed by atoms with Gasteiger partial charge >= 0.3 is 5.97 Å². The molecule has 0 bridgehead atoms. The Hall–Kier alpha value is -1.54. The van der Waals surface area contributed by atoms with Crippen LogP contribution in [-0.4, -0.2) is 37.5 Å². The minimum atomic E-state index is -3.86. The van der Waals surface area contributed by atoms with Crippen molar-refractivity contribution < 1.29 is 31.8 Å². The van der Waals surface area contributed by atoms with Crippen LogP contribution in [0.4, 0.5) is 8.78 Å². The fourth-order valence-corrected chi connectivity index (χ4v) is 3.51. The van der Waals surface area contributed by atoms with Crippen molar-refractivity contribution in [1.29, 1.82) is 0 Å². The summed E-state index contributed by atoms with van der Waals surface area (Å²) in [6.45, 7) is 0. The minimum absolute atomic E-state index is 0.229. The van der Waals surface area contributed by atoms with Crippen LogP contribution in [0.2, 0.25) is 0 Å². The standard InChI is InChI=1S/C12H12F2O5S/c13-9-3-2-8(5-10(9)14)20(17,18)6-7-1-4-11(19-7)12(15)16/h2-3,5,7,11H,1,4,6H2,(H,15,16). The molecule has 1 aromatic carbocycles. The predicted molar refractivity (Wildman–Crippen MR) is 63.9 cm³/mol. The highest BCUT2D eigenvalue weighted by atomic mass is 32.2. The van der Waals surface area contributed by atoms with Gasteiger partial charge in [-0.25, -0.2) is 22.0 Å². The van der Waals surface area contributed by atoms with E-state index < -0.39 is 45.4 Å². The molecule has 1 aromatic rings. The van der Waals surface area contributed by atoms with Gasteiger partial charge in [-0.05, 0) is 31.0 Å². The summed E-state index contributed by atoms with van der Waals surface area (Å²) in [6.07, 6.45) is -1.25. The number of sulfone groups is 1. The summed E-state index contributed by atoms with van der Waals surface area (Å²) < 4.78 is 54.9. The number of rotatable bonds is 4. The van der Waals surface area contributed by atoms with E-state index in [0.29, 0.717) is 12.5 Å². The van der Waals surface area contributed by atoms with Crippen molar-refractivity contribution in [2.75, 3.05) is 5.75 Å². The van der Waals surface area contributed by atoms with Crippen LogP contribution in [0.25, 0.3) is 0 Å². The Labute approximate surface area is 114 Å². The molecule has 1 aliphatic rings.